The highest BCUT2D eigenvalue weighted by atomic mass is 19.4. The minimum atomic E-state index is -5.39. The van der Waals surface area contributed by atoms with Crippen molar-refractivity contribution in [1.82, 2.24) is 0 Å². The maximum absolute atomic E-state index is 12.7. The van der Waals surface area contributed by atoms with Gasteiger partial charge in [0.05, 0.1) is 0 Å². The first kappa shape index (κ1) is 28.6. The molecule has 0 heterocycles. The first-order valence-corrected chi connectivity index (χ1v) is 9.03. The quantitative estimate of drug-likeness (QED) is 0.364. The molecule has 0 amide bonds. The Labute approximate surface area is 181 Å². The van der Waals surface area contributed by atoms with Crippen LogP contribution in [0.2, 0.25) is 0 Å². The topological polar surface area (TPSA) is 0 Å². The van der Waals surface area contributed by atoms with E-state index in [9.17, 15) is 52.7 Å². The van der Waals surface area contributed by atoms with Gasteiger partial charge in [0.2, 0.25) is 0 Å². The highest BCUT2D eigenvalue weighted by Crippen LogP contribution is 2.51. The van der Waals surface area contributed by atoms with E-state index in [-0.39, 0.29) is 6.92 Å². The summed E-state index contributed by atoms with van der Waals surface area (Å²) < 4.78 is 150. The van der Waals surface area contributed by atoms with Crippen molar-refractivity contribution in [2.45, 2.75) is 56.8 Å². The fourth-order valence-electron chi connectivity index (χ4n) is 2.70. The second kappa shape index (κ2) is 9.46. The molecule has 0 fully saturated rings. The molecule has 186 valence electrons. The van der Waals surface area contributed by atoms with Crippen LogP contribution in [-0.4, -0.2) is 24.7 Å². The number of halogens is 12. The molecule has 0 radical (unpaired) electrons. The van der Waals surface area contributed by atoms with Crippen LogP contribution >= 0.6 is 0 Å². The second-order valence-corrected chi connectivity index (χ2v) is 7.41. The van der Waals surface area contributed by atoms with Gasteiger partial charge in [-0.05, 0) is 31.9 Å². The maximum Gasteiger partial charge on any atom is 0.406 e. The fraction of sp³-hybridized carbons (Fsp3) is 0.429. The highest BCUT2D eigenvalue weighted by Gasteiger charge is 2.68. The zero-order chi connectivity index (χ0) is 26.0. The predicted octanol–water partition coefficient (Wildman–Crippen LogP) is 8.58. The standard InChI is InChI=1S/C11H10F6.C10H8F6/c1-7-3-5-8(6-4-7)9(2,10(12,13)14)11(15,16)17;1-6-2-4-7(5-3-6)8(9(11,12)13)10(14,15)16/h3-6H,1-2H3;2-5,8H,1H3. The van der Waals surface area contributed by atoms with Crippen molar-refractivity contribution in [3.8, 4) is 0 Å². The summed E-state index contributed by atoms with van der Waals surface area (Å²) in [7, 11) is 0. The molecule has 0 N–H and O–H groups in total. The summed E-state index contributed by atoms with van der Waals surface area (Å²) in [6.07, 6.45) is -21.4. The van der Waals surface area contributed by atoms with Crippen molar-refractivity contribution in [2.75, 3.05) is 0 Å². The van der Waals surface area contributed by atoms with Crippen molar-refractivity contribution in [1.29, 1.82) is 0 Å². The molecule has 0 aliphatic carbocycles. The average Bonchev–Trinajstić information content (AvgIpc) is 2.60. The molecule has 12 heteroatoms. The third-order valence-corrected chi connectivity index (χ3v) is 4.83. The van der Waals surface area contributed by atoms with E-state index >= 15 is 0 Å². The number of benzene rings is 2. The lowest BCUT2D eigenvalue weighted by Crippen LogP contribution is -2.51. The number of hydrogen-bond donors (Lipinski definition) is 0. The zero-order valence-corrected chi connectivity index (χ0v) is 17.2. The van der Waals surface area contributed by atoms with E-state index in [0.717, 1.165) is 24.3 Å². The van der Waals surface area contributed by atoms with Crippen LogP contribution in [0, 0.1) is 13.8 Å². The molecule has 0 aliphatic heterocycles. The van der Waals surface area contributed by atoms with Crippen LogP contribution in [-0.2, 0) is 5.41 Å². The maximum atomic E-state index is 12.7. The fourth-order valence-corrected chi connectivity index (χ4v) is 2.70. The summed E-state index contributed by atoms with van der Waals surface area (Å²) in [6.45, 7) is 3.32. The molecule has 0 aromatic heterocycles. The van der Waals surface area contributed by atoms with Crippen molar-refractivity contribution in [3.05, 3.63) is 70.8 Å². The van der Waals surface area contributed by atoms with Gasteiger partial charge in [-0.1, -0.05) is 59.7 Å². The summed E-state index contributed by atoms with van der Waals surface area (Å²) in [6, 6.07) is 8.31. The van der Waals surface area contributed by atoms with Gasteiger partial charge in [0.15, 0.2) is 11.3 Å². The summed E-state index contributed by atoms with van der Waals surface area (Å²) in [4.78, 5) is 0. The molecule has 2 rings (SSSR count). The van der Waals surface area contributed by atoms with E-state index in [2.05, 4.69) is 0 Å². The third-order valence-electron chi connectivity index (χ3n) is 4.83. The van der Waals surface area contributed by atoms with Crippen molar-refractivity contribution in [3.63, 3.8) is 0 Å². The van der Waals surface area contributed by atoms with Gasteiger partial charge in [0.1, 0.15) is 0 Å². The van der Waals surface area contributed by atoms with Crippen LogP contribution < -0.4 is 0 Å². The highest BCUT2D eigenvalue weighted by molar-refractivity contribution is 5.31. The van der Waals surface area contributed by atoms with Crippen molar-refractivity contribution >= 4 is 0 Å². The molecule has 0 spiro atoms. The van der Waals surface area contributed by atoms with Crippen LogP contribution in [0.5, 0.6) is 0 Å². The average molecular weight is 498 g/mol. The smallest absolute Gasteiger partial charge is 0.170 e. The van der Waals surface area contributed by atoms with Gasteiger partial charge >= 0.3 is 24.7 Å². The molecule has 0 saturated heterocycles. The molecule has 33 heavy (non-hydrogen) atoms. The molecule has 2 aromatic rings. The van der Waals surface area contributed by atoms with Gasteiger partial charge in [0, 0.05) is 0 Å². The Morgan fingerprint density at radius 1 is 0.515 bits per heavy atom. The second-order valence-electron chi connectivity index (χ2n) is 7.41. The monoisotopic (exact) mass is 498 g/mol. The Balaban J connectivity index is 0.000000331. The van der Waals surface area contributed by atoms with Gasteiger partial charge in [-0.2, -0.15) is 52.7 Å². The van der Waals surface area contributed by atoms with E-state index in [1.807, 2.05) is 0 Å². The van der Waals surface area contributed by atoms with Crippen molar-refractivity contribution in [2.24, 2.45) is 0 Å². The molecule has 0 aliphatic rings. The van der Waals surface area contributed by atoms with E-state index in [0.29, 0.717) is 11.1 Å². The number of aryl methyl sites for hydroxylation is 2. The van der Waals surface area contributed by atoms with Crippen molar-refractivity contribution < 1.29 is 52.7 Å². The normalized spacial score (nSPS) is 13.6. The minimum absolute atomic E-state index is 0.150. The molecule has 0 atom stereocenters. The predicted molar refractivity (Wildman–Crippen MR) is 96.7 cm³/mol. The molecule has 0 unspecified atom stereocenters. The Morgan fingerprint density at radius 3 is 1.09 bits per heavy atom. The van der Waals surface area contributed by atoms with Gasteiger partial charge in [-0.15, -0.1) is 0 Å². The van der Waals surface area contributed by atoms with Gasteiger partial charge in [-0.25, -0.2) is 0 Å². The van der Waals surface area contributed by atoms with E-state index in [4.69, 9.17) is 0 Å². The van der Waals surface area contributed by atoms with Gasteiger partial charge in [-0.3, -0.25) is 0 Å². The van der Waals surface area contributed by atoms with Crippen LogP contribution in [0.3, 0.4) is 0 Å². The zero-order valence-electron chi connectivity index (χ0n) is 17.2. The molecule has 0 bridgehead atoms. The Hall–Kier alpha value is -2.40. The lowest BCUT2D eigenvalue weighted by Gasteiger charge is -2.34. The van der Waals surface area contributed by atoms with Crippen LogP contribution in [0.25, 0.3) is 0 Å². The largest absolute Gasteiger partial charge is 0.406 e. The van der Waals surface area contributed by atoms with E-state index < -0.39 is 47.2 Å². The summed E-state index contributed by atoms with van der Waals surface area (Å²) in [5, 5.41) is 0. The Morgan fingerprint density at radius 2 is 0.818 bits per heavy atom. The van der Waals surface area contributed by atoms with Gasteiger partial charge in [0.25, 0.3) is 0 Å². The number of rotatable bonds is 2. The summed E-state index contributed by atoms with van der Waals surface area (Å²) >= 11 is 0. The number of hydrogen-bond acceptors (Lipinski definition) is 0. The first-order chi connectivity index (χ1) is 14.6. The van der Waals surface area contributed by atoms with E-state index in [1.54, 1.807) is 13.8 Å². The number of alkyl halides is 12. The van der Waals surface area contributed by atoms with Crippen LogP contribution in [0.1, 0.15) is 35.1 Å². The minimum Gasteiger partial charge on any atom is -0.170 e. The summed E-state index contributed by atoms with van der Waals surface area (Å²) in [5.41, 5.74) is -4.23. The Kier molecular flexibility index (Phi) is 8.20. The van der Waals surface area contributed by atoms with Crippen LogP contribution in [0.4, 0.5) is 52.7 Å². The lowest BCUT2D eigenvalue weighted by atomic mass is 9.80. The lowest BCUT2D eigenvalue weighted by molar-refractivity contribution is -0.297. The Bertz CT molecular complexity index is 854. The molecule has 2 aromatic carbocycles. The summed E-state index contributed by atoms with van der Waals surface area (Å²) in [5.74, 6) is -3.42. The SMILES string of the molecule is Cc1ccc(C(C(F)(F)F)C(F)(F)F)cc1.Cc1ccc(C(C)(C(F)(F)F)C(F)(F)F)cc1. The molecular weight excluding hydrogens is 480 g/mol. The molecular formula is C21H18F12. The molecule has 0 nitrogen and oxygen atoms in total. The molecule has 0 saturated carbocycles. The first-order valence-electron chi connectivity index (χ1n) is 9.03. The van der Waals surface area contributed by atoms with Gasteiger partial charge < -0.3 is 0 Å². The van der Waals surface area contributed by atoms with E-state index in [1.165, 1.54) is 24.3 Å². The van der Waals surface area contributed by atoms with Crippen LogP contribution in [0.15, 0.2) is 48.5 Å². The third kappa shape index (κ3) is 6.80.